The highest BCUT2D eigenvalue weighted by Gasteiger charge is 2.44. The summed E-state index contributed by atoms with van der Waals surface area (Å²) < 4.78 is 0. The predicted molar refractivity (Wildman–Crippen MR) is 65.5 cm³/mol. The molecule has 3 heteroatoms. The Morgan fingerprint density at radius 2 is 2.00 bits per heavy atom. The number of Topliss-reactive ketones (excluding diaryl/α,β-unsaturated/α-hetero) is 1. The Kier molecular flexibility index (Phi) is 3.17. The molecule has 17 heavy (non-hydrogen) atoms. The summed E-state index contributed by atoms with van der Waals surface area (Å²) >= 11 is 0. The zero-order valence-electron chi connectivity index (χ0n) is 10.9. The van der Waals surface area contributed by atoms with Crippen molar-refractivity contribution in [2.75, 3.05) is 0 Å². The monoisotopic (exact) mass is 238 g/mol. The maximum absolute atomic E-state index is 11.9. The number of aliphatic hydroxyl groups is 2. The molecule has 0 amide bonds. The van der Waals surface area contributed by atoms with Gasteiger partial charge in [0.1, 0.15) is 6.10 Å². The van der Waals surface area contributed by atoms with Crippen LogP contribution in [0.1, 0.15) is 46.5 Å². The second-order valence-electron chi connectivity index (χ2n) is 6.01. The average molecular weight is 238 g/mol. The Morgan fingerprint density at radius 1 is 1.35 bits per heavy atom. The number of hydrogen-bond acceptors (Lipinski definition) is 3. The van der Waals surface area contributed by atoms with Crippen LogP contribution in [0.25, 0.3) is 0 Å². The van der Waals surface area contributed by atoms with E-state index in [1.54, 1.807) is 6.92 Å². The van der Waals surface area contributed by atoms with Crippen molar-refractivity contribution in [3.05, 3.63) is 11.1 Å². The molecule has 2 rings (SSSR count). The molecule has 0 aromatic rings. The van der Waals surface area contributed by atoms with Crippen molar-refractivity contribution in [1.82, 2.24) is 0 Å². The summed E-state index contributed by atoms with van der Waals surface area (Å²) in [6, 6.07) is 0. The van der Waals surface area contributed by atoms with Gasteiger partial charge in [-0.1, -0.05) is 13.8 Å². The lowest BCUT2D eigenvalue weighted by Crippen LogP contribution is -2.48. The number of hydrogen-bond donors (Lipinski definition) is 2. The minimum atomic E-state index is -1.08. The fraction of sp³-hybridized carbons (Fsp3) is 0.786. The van der Waals surface area contributed by atoms with Crippen LogP contribution in [-0.2, 0) is 4.79 Å². The minimum absolute atomic E-state index is 0.173. The second-order valence-corrected chi connectivity index (χ2v) is 6.01. The first-order valence-corrected chi connectivity index (χ1v) is 6.51. The topological polar surface area (TPSA) is 57.5 Å². The molecule has 0 aliphatic heterocycles. The van der Waals surface area contributed by atoms with Crippen molar-refractivity contribution in [3.63, 3.8) is 0 Å². The van der Waals surface area contributed by atoms with Gasteiger partial charge in [-0.15, -0.1) is 0 Å². The van der Waals surface area contributed by atoms with E-state index in [9.17, 15) is 15.0 Å². The predicted octanol–water partition coefficient (Wildman–Crippen LogP) is 1.82. The molecule has 0 saturated carbocycles. The van der Waals surface area contributed by atoms with Crippen LogP contribution in [0.3, 0.4) is 0 Å². The standard InChI is InChI=1S/C14H22O3/c1-8(2)9-4-5-11(15)10-6-7-14(3,17)13(16)12(9)10/h8-9,13,16-17H,4-7H2,1-3H3/t9-,13-,14+/m0/s1. The van der Waals surface area contributed by atoms with Gasteiger partial charge in [-0.05, 0) is 49.2 Å². The van der Waals surface area contributed by atoms with E-state index in [1.807, 2.05) is 0 Å². The van der Waals surface area contributed by atoms with Crippen molar-refractivity contribution >= 4 is 5.78 Å². The van der Waals surface area contributed by atoms with E-state index in [2.05, 4.69) is 13.8 Å². The van der Waals surface area contributed by atoms with E-state index in [4.69, 9.17) is 0 Å². The van der Waals surface area contributed by atoms with Crippen LogP contribution in [-0.4, -0.2) is 27.7 Å². The van der Waals surface area contributed by atoms with Crippen molar-refractivity contribution in [2.24, 2.45) is 11.8 Å². The summed E-state index contributed by atoms with van der Waals surface area (Å²) in [6.07, 6.45) is 1.62. The molecule has 0 bridgehead atoms. The quantitative estimate of drug-likeness (QED) is 0.732. The van der Waals surface area contributed by atoms with Crippen molar-refractivity contribution in [2.45, 2.75) is 58.2 Å². The maximum atomic E-state index is 11.9. The molecule has 96 valence electrons. The first-order chi connectivity index (χ1) is 7.84. The Hall–Kier alpha value is -0.670. The summed E-state index contributed by atoms with van der Waals surface area (Å²) in [6.45, 7) is 5.89. The van der Waals surface area contributed by atoms with E-state index >= 15 is 0 Å². The number of ketones is 1. The Labute approximate surface area is 103 Å². The molecule has 0 heterocycles. The normalized spacial score (nSPS) is 38.6. The number of carbonyl (C=O) groups excluding carboxylic acids is 1. The zero-order valence-corrected chi connectivity index (χ0v) is 10.9. The molecule has 0 saturated heterocycles. The highest BCUT2D eigenvalue weighted by atomic mass is 16.3. The van der Waals surface area contributed by atoms with E-state index in [-0.39, 0.29) is 11.7 Å². The minimum Gasteiger partial charge on any atom is -0.387 e. The van der Waals surface area contributed by atoms with Gasteiger partial charge >= 0.3 is 0 Å². The number of allylic oxidation sites excluding steroid dienone is 1. The molecule has 0 fully saturated rings. The molecule has 0 radical (unpaired) electrons. The van der Waals surface area contributed by atoms with E-state index in [1.165, 1.54) is 0 Å². The van der Waals surface area contributed by atoms with Gasteiger partial charge in [-0.2, -0.15) is 0 Å². The lowest BCUT2D eigenvalue weighted by atomic mass is 9.66. The summed E-state index contributed by atoms with van der Waals surface area (Å²) in [7, 11) is 0. The molecule has 0 unspecified atom stereocenters. The van der Waals surface area contributed by atoms with Crippen molar-refractivity contribution < 1.29 is 15.0 Å². The molecule has 2 N–H and O–H groups in total. The first-order valence-electron chi connectivity index (χ1n) is 6.51. The second kappa shape index (κ2) is 4.21. The van der Waals surface area contributed by atoms with Gasteiger partial charge in [-0.3, -0.25) is 4.79 Å². The molecule has 3 atom stereocenters. The summed E-state index contributed by atoms with van der Waals surface area (Å²) in [5.74, 6) is 0.813. The Morgan fingerprint density at radius 3 is 2.59 bits per heavy atom. The van der Waals surface area contributed by atoms with Crippen molar-refractivity contribution in [1.29, 1.82) is 0 Å². The molecule has 2 aliphatic rings. The van der Waals surface area contributed by atoms with E-state index in [0.29, 0.717) is 25.2 Å². The third-order valence-electron chi connectivity index (χ3n) is 4.34. The van der Waals surface area contributed by atoms with Crippen LogP contribution in [0.5, 0.6) is 0 Å². The van der Waals surface area contributed by atoms with Crippen LogP contribution in [0.4, 0.5) is 0 Å². The smallest absolute Gasteiger partial charge is 0.158 e. The van der Waals surface area contributed by atoms with Crippen LogP contribution in [0, 0.1) is 11.8 Å². The zero-order chi connectivity index (χ0) is 12.8. The number of aliphatic hydroxyl groups excluding tert-OH is 1. The summed E-state index contributed by atoms with van der Waals surface area (Å²) in [5, 5.41) is 20.5. The van der Waals surface area contributed by atoms with E-state index < -0.39 is 11.7 Å². The van der Waals surface area contributed by atoms with Crippen molar-refractivity contribution in [3.8, 4) is 0 Å². The van der Waals surface area contributed by atoms with Crippen LogP contribution >= 0.6 is 0 Å². The molecule has 2 aliphatic carbocycles. The molecule has 0 spiro atoms. The third kappa shape index (κ3) is 2.06. The molecule has 0 aromatic carbocycles. The fourth-order valence-corrected chi connectivity index (χ4v) is 3.17. The lowest BCUT2D eigenvalue weighted by molar-refractivity contribution is -0.118. The Bertz CT molecular complexity index is 362. The average Bonchev–Trinajstić information content (AvgIpc) is 2.24. The first kappa shape index (κ1) is 12.8. The number of rotatable bonds is 1. The van der Waals surface area contributed by atoms with Gasteiger partial charge in [0.05, 0.1) is 5.60 Å². The van der Waals surface area contributed by atoms with Gasteiger partial charge in [-0.25, -0.2) is 0 Å². The van der Waals surface area contributed by atoms with E-state index in [0.717, 1.165) is 17.6 Å². The largest absolute Gasteiger partial charge is 0.387 e. The van der Waals surface area contributed by atoms with Gasteiger partial charge < -0.3 is 10.2 Å². The molecular weight excluding hydrogens is 216 g/mol. The fourth-order valence-electron chi connectivity index (χ4n) is 3.17. The molecule has 3 nitrogen and oxygen atoms in total. The molecular formula is C14H22O3. The van der Waals surface area contributed by atoms with Gasteiger partial charge in [0, 0.05) is 6.42 Å². The lowest BCUT2D eigenvalue weighted by Gasteiger charge is -2.43. The van der Waals surface area contributed by atoms with Crippen LogP contribution < -0.4 is 0 Å². The summed E-state index contributed by atoms with van der Waals surface area (Å²) in [4.78, 5) is 11.9. The van der Waals surface area contributed by atoms with Gasteiger partial charge in [0.15, 0.2) is 5.78 Å². The van der Waals surface area contributed by atoms with Crippen LogP contribution in [0.15, 0.2) is 11.1 Å². The summed E-state index contributed by atoms with van der Waals surface area (Å²) in [5.41, 5.74) is 0.547. The SMILES string of the molecule is CC(C)[C@@H]1CCC(=O)C2=C1[C@H](O)[C@](C)(O)CC2. The third-order valence-corrected chi connectivity index (χ3v) is 4.34. The number of carbonyl (C=O) groups is 1. The van der Waals surface area contributed by atoms with Crippen LogP contribution in [0.2, 0.25) is 0 Å². The van der Waals surface area contributed by atoms with Gasteiger partial charge in [0.25, 0.3) is 0 Å². The highest BCUT2D eigenvalue weighted by Crippen LogP contribution is 2.44. The maximum Gasteiger partial charge on any atom is 0.158 e. The Balaban J connectivity index is 2.45. The van der Waals surface area contributed by atoms with Gasteiger partial charge in [0.2, 0.25) is 0 Å². The highest BCUT2D eigenvalue weighted by molar-refractivity contribution is 5.97. The molecule has 0 aromatic heterocycles.